The number of rotatable bonds is 2. The average Bonchev–Trinajstić information content (AvgIpc) is 3.10. The van der Waals surface area contributed by atoms with Crippen molar-refractivity contribution in [3.8, 4) is 11.3 Å². The molecule has 0 spiro atoms. The molecule has 4 heterocycles. The van der Waals surface area contributed by atoms with Gasteiger partial charge in [0.15, 0.2) is 11.4 Å². The number of hydrogen-bond donors (Lipinski definition) is 0. The largest absolute Gasteiger partial charge is 0.457 e. The van der Waals surface area contributed by atoms with Gasteiger partial charge in [-0.1, -0.05) is 5.16 Å². The van der Waals surface area contributed by atoms with Crippen molar-refractivity contribution in [1.82, 2.24) is 15.0 Å². The van der Waals surface area contributed by atoms with Gasteiger partial charge in [0.05, 0.1) is 23.5 Å². The molecule has 7 nitrogen and oxygen atoms in total. The monoisotopic (exact) mass is 340 g/mol. The average molecular weight is 340 g/mol. The number of anilines is 1. The number of amides is 1. The van der Waals surface area contributed by atoms with Crippen LogP contribution in [0.25, 0.3) is 22.2 Å². The van der Waals surface area contributed by atoms with E-state index in [9.17, 15) is 4.79 Å². The molecule has 1 fully saturated rings. The van der Waals surface area contributed by atoms with Crippen LogP contribution in [0.1, 0.15) is 17.2 Å². The first kappa shape index (κ1) is 15.7. The van der Waals surface area contributed by atoms with E-state index in [2.05, 4.69) is 5.16 Å². The lowest BCUT2D eigenvalue weighted by molar-refractivity contribution is -0.129. The van der Waals surface area contributed by atoms with Gasteiger partial charge >= 0.3 is 0 Å². The third kappa shape index (κ3) is 2.56. The zero-order valence-electron chi connectivity index (χ0n) is 14.8. The predicted molar refractivity (Wildman–Crippen MR) is 93.6 cm³/mol. The van der Waals surface area contributed by atoms with Gasteiger partial charge in [-0.05, 0) is 32.9 Å². The molecular weight excluding hydrogens is 320 g/mol. The number of furan rings is 1. The van der Waals surface area contributed by atoms with E-state index >= 15 is 0 Å². The van der Waals surface area contributed by atoms with Crippen molar-refractivity contribution >= 4 is 22.7 Å². The summed E-state index contributed by atoms with van der Waals surface area (Å²) in [5.74, 6) is 2.31. The number of piperazine rings is 1. The van der Waals surface area contributed by atoms with Crippen LogP contribution in [-0.4, -0.2) is 47.6 Å². The fourth-order valence-electron chi connectivity index (χ4n) is 3.29. The van der Waals surface area contributed by atoms with Crippen molar-refractivity contribution in [2.24, 2.45) is 0 Å². The molecule has 1 amide bonds. The molecule has 1 aliphatic heterocycles. The molecule has 0 unspecified atom stereocenters. The Bertz CT molecular complexity index is 953. The Balaban J connectivity index is 1.89. The summed E-state index contributed by atoms with van der Waals surface area (Å²) in [4.78, 5) is 20.7. The highest BCUT2D eigenvalue weighted by atomic mass is 16.5. The molecule has 0 bridgehead atoms. The number of aromatic nitrogens is 2. The lowest BCUT2D eigenvalue weighted by Crippen LogP contribution is -2.48. The highest BCUT2D eigenvalue weighted by Crippen LogP contribution is 2.34. The first-order chi connectivity index (χ1) is 11.9. The van der Waals surface area contributed by atoms with Crippen molar-refractivity contribution in [3.63, 3.8) is 0 Å². The standard InChI is InChI=1S/C18H20N4O3/c1-10-7-13-8-14(16-11(2)20-25-12(16)3)19-18(17(13)24-10)22-6-5-21(4)15(23)9-22/h7-8H,5-6,9H2,1-4H3. The van der Waals surface area contributed by atoms with Crippen molar-refractivity contribution in [3.05, 3.63) is 29.3 Å². The summed E-state index contributed by atoms with van der Waals surface area (Å²) < 4.78 is 11.2. The van der Waals surface area contributed by atoms with Crippen LogP contribution >= 0.6 is 0 Å². The first-order valence-corrected chi connectivity index (χ1v) is 8.27. The smallest absolute Gasteiger partial charge is 0.241 e. The minimum Gasteiger partial charge on any atom is -0.457 e. The SMILES string of the molecule is Cc1cc2cc(-c3c(C)noc3C)nc(N3CCN(C)C(=O)C3)c2o1. The van der Waals surface area contributed by atoms with Crippen molar-refractivity contribution in [2.45, 2.75) is 20.8 Å². The number of fused-ring (bicyclic) bond motifs is 1. The number of aryl methyl sites for hydroxylation is 3. The normalized spacial score (nSPS) is 15.4. The second-order valence-electron chi connectivity index (χ2n) is 6.54. The fourth-order valence-corrected chi connectivity index (χ4v) is 3.29. The van der Waals surface area contributed by atoms with Gasteiger partial charge in [0.1, 0.15) is 11.5 Å². The Labute approximate surface area is 145 Å². The highest BCUT2D eigenvalue weighted by Gasteiger charge is 2.26. The van der Waals surface area contributed by atoms with Gasteiger partial charge in [-0.2, -0.15) is 0 Å². The summed E-state index contributed by atoms with van der Waals surface area (Å²) >= 11 is 0. The third-order valence-electron chi connectivity index (χ3n) is 4.65. The van der Waals surface area contributed by atoms with E-state index in [1.165, 1.54) is 0 Å². The van der Waals surface area contributed by atoms with Gasteiger partial charge in [0.2, 0.25) is 5.91 Å². The maximum absolute atomic E-state index is 12.1. The highest BCUT2D eigenvalue weighted by molar-refractivity contribution is 5.93. The molecule has 4 rings (SSSR count). The summed E-state index contributed by atoms with van der Waals surface area (Å²) in [5, 5.41) is 4.99. The molecule has 0 radical (unpaired) electrons. The summed E-state index contributed by atoms with van der Waals surface area (Å²) in [6, 6.07) is 3.97. The minimum absolute atomic E-state index is 0.0761. The van der Waals surface area contributed by atoms with E-state index in [0.717, 1.165) is 40.4 Å². The van der Waals surface area contributed by atoms with Gasteiger partial charge in [0.25, 0.3) is 0 Å². The number of hydrogen-bond acceptors (Lipinski definition) is 6. The molecule has 0 saturated carbocycles. The molecule has 1 saturated heterocycles. The molecule has 3 aromatic heterocycles. The number of carbonyl (C=O) groups excluding carboxylic acids is 1. The second-order valence-corrected chi connectivity index (χ2v) is 6.54. The molecular formula is C18H20N4O3. The molecule has 1 aliphatic rings. The van der Waals surface area contributed by atoms with Crippen LogP contribution in [-0.2, 0) is 4.79 Å². The van der Waals surface area contributed by atoms with Crippen molar-refractivity contribution < 1.29 is 13.7 Å². The Hall–Kier alpha value is -2.83. The molecule has 3 aromatic rings. The third-order valence-corrected chi connectivity index (χ3v) is 4.65. The zero-order valence-corrected chi connectivity index (χ0v) is 14.8. The maximum Gasteiger partial charge on any atom is 0.241 e. The van der Waals surface area contributed by atoms with Crippen LogP contribution in [0.3, 0.4) is 0 Å². The van der Waals surface area contributed by atoms with E-state index in [4.69, 9.17) is 13.9 Å². The molecule has 130 valence electrons. The van der Waals surface area contributed by atoms with Gasteiger partial charge < -0.3 is 18.7 Å². The molecule has 0 aliphatic carbocycles. The summed E-state index contributed by atoms with van der Waals surface area (Å²) in [6.45, 7) is 7.36. The van der Waals surface area contributed by atoms with Crippen LogP contribution in [0, 0.1) is 20.8 Å². The molecule has 0 atom stereocenters. The van der Waals surface area contributed by atoms with Crippen molar-refractivity contribution in [2.75, 3.05) is 31.6 Å². The Morgan fingerprint density at radius 3 is 2.64 bits per heavy atom. The van der Waals surface area contributed by atoms with E-state index < -0.39 is 0 Å². The topological polar surface area (TPSA) is 75.6 Å². The van der Waals surface area contributed by atoms with E-state index in [1.54, 1.807) is 4.90 Å². The number of carbonyl (C=O) groups is 1. The van der Waals surface area contributed by atoms with Crippen LogP contribution in [0.5, 0.6) is 0 Å². The quantitative estimate of drug-likeness (QED) is 0.714. The van der Waals surface area contributed by atoms with E-state index in [-0.39, 0.29) is 5.91 Å². The molecule has 0 N–H and O–H groups in total. The lowest BCUT2D eigenvalue weighted by Gasteiger charge is -2.32. The summed E-state index contributed by atoms with van der Waals surface area (Å²) in [5.41, 5.74) is 3.18. The van der Waals surface area contributed by atoms with Gasteiger partial charge in [0, 0.05) is 25.5 Å². The lowest BCUT2D eigenvalue weighted by atomic mass is 10.1. The van der Waals surface area contributed by atoms with Crippen molar-refractivity contribution in [1.29, 1.82) is 0 Å². The van der Waals surface area contributed by atoms with Crippen LogP contribution in [0.2, 0.25) is 0 Å². The van der Waals surface area contributed by atoms with E-state index in [0.29, 0.717) is 24.5 Å². The predicted octanol–water partition coefficient (Wildman–Crippen LogP) is 2.69. The summed E-state index contributed by atoms with van der Waals surface area (Å²) in [6.07, 6.45) is 0. The Morgan fingerprint density at radius 2 is 1.96 bits per heavy atom. The van der Waals surface area contributed by atoms with Gasteiger partial charge in [-0.3, -0.25) is 4.79 Å². The number of likely N-dealkylation sites (N-methyl/N-ethyl adjacent to an activating group) is 1. The van der Waals surface area contributed by atoms with Gasteiger partial charge in [-0.15, -0.1) is 0 Å². The summed E-state index contributed by atoms with van der Waals surface area (Å²) in [7, 11) is 1.82. The Kier molecular flexibility index (Phi) is 3.52. The maximum atomic E-state index is 12.1. The Morgan fingerprint density at radius 1 is 1.16 bits per heavy atom. The van der Waals surface area contributed by atoms with Crippen LogP contribution in [0.15, 0.2) is 21.1 Å². The van der Waals surface area contributed by atoms with Crippen LogP contribution < -0.4 is 4.90 Å². The van der Waals surface area contributed by atoms with Crippen LogP contribution in [0.4, 0.5) is 5.82 Å². The number of nitrogens with zero attached hydrogens (tertiary/aromatic N) is 4. The number of pyridine rings is 1. The fraction of sp³-hybridized carbons (Fsp3) is 0.389. The van der Waals surface area contributed by atoms with E-state index in [1.807, 2.05) is 44.9 Å². The van der Waals surface area contributed by atoms with Gasteiger partial charge in [-0.25, -0.2) is 4.98 Å². The second kappa shape index (κ2) is 5.61. The molecule has 25 heavy (non-hydrogen) atoms. The zero-order chi connectivity index (χ0) is 17.7. The minimum atomic E-state index is 0.0761. The first-order valence-electron chi connectivity index (χ1n) is 8.27. The molecule has 0 aromatic carbocycles. The molecule has 7 heteroatoms.